The number of rotatable bonds is 3. The Balaban J connectivity index is 2.06. The second-order valence-corrected chi connectivity index (χ2v) is 5.07. The first kappa shape index (κ1) is 14.2. The second-order valence-electron chi connectivity index (χ2n) is 4.15. The lowest BCUT2D eigenvalue weighted by molar-refractivity contribution is 0.0954. The van der Waals surface area contributed by atoms with E-state index >= 15 is 0 Å². The molecule has 0 spiro atoms. The van der Waals surface area contributed by atoms with Crippen molar-refractivity contribution in [3.05, 3.63) is 57.8 Å². The van der Waals surface area contributed by atoms with Crippen LogP contribution in [0, 0.1) is 6.92 Å². The summed E-state index contributed by atoms with van der Waals surface area (Å²) in [6, 6.07) is 6.78. The van der Waals surface area contributed by atoms with Crippen LogP contribution in [0.2, 0.25) is 0 Å². The van der Waals surface area contributed by atoms with Crippen molar-refractivity contribution in [2.45, 2.75) is 6.92 Å². The number of hydrazone groups is 1. The molecule has 0 aliphatic rings. The van der Waals surface area contributed by atoms with E-state index in [0.29, 0.717) is 15.6 Å². The number of halogens is 1. The number of amides is 1. The van der Waals surface area contributed by atoms with Crippen molar-refractivity contribution in [3.8, 4) is 5.75 Å². The van der Waals surface area contributed by atoms with Gasteiger partial charge in [-0.1, -0.05) is 11.6 Å². The molecule has 0 radical (unpaired) electrons. The van der Waals surface area contributed by atoms with E-state index in [-0.39, 0.29) is 11.7 Å². The molecule has 5 nitrogen and oxygen atoms in total. The molecule has 0 bridgehead atoms. The Bertz CT molecular complexity index is 671. The fraction of sp³-hybridized carbons (Fsp3) is 0.0714. The molecule has 0 unspecified atom stereocenters. The maximum absolute atomic E-state index is 11.8. The second kappa shape index (κ2) is 6.29. The molecule has 1 heterocycles. The summed E-state index contributed by atoms with van der Waals surface area (Å²) < 4.78 is 0.713. The van der Waals surface area contributed by atoms with E-state index in [4.69, 9.17) is 0 Å². The standard InChI is InChI=1S/C14H12BrN3O2/c1-9-2-3-13(19)10(4-9)7-17-18-14(20)11-5-12(15)8-16-6-11/h2-8,19H,1H3,(H,18,20)/b17-7-. The third-order valence-electron chi connectivity index (χ3n) is 2.52. The molecule has 1 aromatic carbocycles. The van der Waals surface area contributed by atoms with Gasteiger partial charge in [0.15, 0.2) is 0 Å². The molecule has 0 saturated carbocycles. The van der Waals surface area contributed by atoms with Crippen LogP contribution in [0.3, 0.4) is 0 Å². The number of phenols is 1. The Kier molecular flexibility index (Phi) is 4.47. The van der Waals surface area contributed by atoms with Gasteiger partial charge >= 0.3 is 0 Å². The monoisotopic (exact) mass is 333 g/mol. The first-order valence-electron chi connectivity index (χ1n) is 5.80. The summed E-state index contributed by atoms with van der Waals surface area (Å²) in [7, 11) is 0. The zero-order chi connectivity index (χ0) is 14.5. The molecule has 2 N–H and O–H groups in total. The number of carbonyl (C=O) groups excluding carboxylic acids is 1. The van der Waals surface area contributed by atoms with Crippen molar-refractivity contribution in [3.63, 3.8) is 0 Å². The average Bonchev–Trinajstić information content (AvgIpc) is 2.42. The quantitative estimate of drug-likeness (QED) is 0.669. The molecule has 6 heteroatoms. The zero-order valence-corrected chi connectivity index (χ0v) is 12.3. The van der Waals surface area contributed by atoms with E-state index in [1.165, 1.54) is 12.4 Å². The van der Waals surface area contributed by atoms with Gasteiger partial charge in [-0.2, -0.15) is 5.10 Å². The minimum absolute atomic E-state index is 0.109. The zero-order valence-electron chi connectivity index (χ0n) is 10.7. The van der Waals surface area contributed by atoms with E-state index in [1.54, 1.807) is 30.5 Å². The number of hydrogen-bond acceptors (Lipinski definition) is 4. The number of aromatic hydroxyl groups is 1. The van der Waals surface area contributed by atoms with Gasteiger partial charge in [0, 0.05) is 22.4 Å². The molecule has 0 atom stereocenters. The largest absolute Gasteiger partial charge is 0.507 e. The normalized spacial score (nSPS) is 10.7. The molecule has 0 saturated heterocycles. The molecule has 1 aromatic heterocycles. The van der Waals surface area contributed by atoms with Crippen molar-refractivity contribution in [2.24, 2.45) is 5.10 Å². The van der Waals surface area contributed by atoms with Gasteiger partial charge in [-0.15, -0.1) is 0 Å². The van der Waals surface area contributed by atoms with Crippen LogP contribution in [0.4, 0.5) is 0 Å². The number of phenolic OH excluding ortho intramolecular Hbond substituents is 1. The topological polar surface area (TPSA) is 74.6 Å². The fourth-order valence-electron chi connectivity index (χ4n) is 1.54. The van der Waals surface area contributed by atoms with Crippen LogP contribution in [0.5, 0.6) is 5.75 Å². The predicted octanol–water partition coefficient (Wildman–Crippen LogP) is 2.62. The third-order valence-corrected chi connectivity index (χ3v) is 2.95. The van der Waals surface area contributed by atoms with E-state index in [9.17, 15) is 9.90 Å². The Morgan fingerprint density at radius 3 is 2.95 bits per heavy atom. The van der Waals surface area contributed by atoms with Crippen molar-refractivity contribution >= 4 is 28.1 Å². The summed E-state index contributed by atoms with van der Waals surface area (Å²) in [5, 5.41) is 13.5. The summed E-state index contributed by atoms with van der Waals surface area (Å²) in [6.45, 7) is 1.91. The SMILES string of the molecule is Cc1ccc(O)c(/C=N\NC(=O)c2cncc(Br)c2)c1. The van der Waals surface area contributed by atoms with Gasteiger partial charge in [0.1, 0.15) is 5.75 Å². The van der Waals surface area contributed by atoms with Crippen molar-refractivity contribution in [2.75, 3.05) is 0 Å². The van der Waals surface area contributed by atoms with Gasteiger partial charge in [0.2, 0.25) is 0 Å². The number of aromatic nitrogens is 1. The molecular formula is C14H12BrN3O2. The Morgan fingerprint density at radius 2 is 2.20 bits per heavy atom. The van der Waals surface area contributed by atoms with Crippen LogP contribution in [-0.4, -0.2) is 22.2 Å². The van der Waals surface area contributed by atoms with Crippen LogP contribution in [0.25, 0.3) is 0 Å². The van der Waals surface area contributed by atoms with Gasteiger partial charge in [0.05, 0.1) is 11.8 Å². The molecular weight excluding hydrogens is 322 g/mol. The first-order valence-corrected chi connectivity index (χ1v) is 6.59. The molecule has 20 heavy (non-hydrogen) atoms. The molecule has 2 rings (SSSR count). The Labute approximate surface area is 124 Å². The predicted molar refractivity (Wildman–Crippen MR) is 79.8 cm³/mol. The van der Waals surface area contributed by atoms with Crippen molar-refractivity contribution in [1.29, 1.82) is 0 Å². The van der Waals surface area contributed by atoms with Gasteiger partial charge in [0.25, 0.3) is 5.91 Å². The van der Waals surface area contributed by atoms with Crippen molar-refractivity contribution in [1.82, 2.24) is 10.4 Å². The molecule has 0 aliphatic heterocycles. The number of nitrogens with one attached hydrogen (secondary N) is 1. The summed E-state index contributed by atoms with van der Waals surface area (Å²) in [5.74, 6) is -0.264. The molecule has 0 aliphatic carbocycles. The molecule has 1 amide bonds. The van der Waals surface area contributed by atoms with Crippen LogP contribution in [-0.2, 0) is 0 Å². The number of carbonyl (C=O) groups is 1. The summed E-state index contributed by atoms with van der Waals surface area (Å²) in [4.78, 5) is 15.7. The lowest BCUT2D eigenvalue weighted by Crippen LogP contribution is -2.17. The van der Waals surface area contributed by atoms with Crippen LogP contribution < -0.4 is 5.43 Å². The smallest absolute Gasteiger partial charge is 0.272 e. The van der Waals surface area contributed by atoms with Gasteiger partial charge in [-0.25, -0.2) is 5.43 Å². The molecule has 102 valence electrons. The number of pyridine rings is 1. The number of aryl methyl sites for hydroxylation is 1. The first-order chi connectivity index (χ1) is 9.56. The highest BCUT2D eigenvalue weighted by Gasteiger charge is 2.05. The molecule has 2 aromatic rings. The minimum Gasteiger partial charge on any atom is -0.507 e. The number of hydrogen-bond donors (Lipinski definition) is 2. The van der Waals surface area contributed by atoms with E-state index in [2.05, 4.69) is 31.4 Å². The fourth-order valence-corrected chi connectivity index (χ4v) is 1.90. The summed E-state index contributed by atoms with van der Waals surface area (Å²) in [5.41, 5.74) is 4.31. The highest BCUT2D eigenvalue weighted by Crippen LogP contribution is 2.15. The highest BCUT2D eigenvalue weighted by molar-refractivity contribution is 9.10. The average molecular weight is 334 g/mol. The summed E-state index contributed by atoms with van der Waals surface area (Å²) in [6.07, 6.45) is 4.43. The van der Waals surface area contributed by atoms with Gasteiger partial charge < -0.3 is 5.11 Å². The Hall–Kier alpha value is -2.21. The van der Waals surface area contributed by atoms with E-state index < -0.39 is 0 Å². The lowest BCUT2D eigenvalue weighted by Gasteiger charge is -2.01. The van der Waals surface area contributed by atoms with Crippen LogP contribution >= 0.6 is 15.9 Å². The van der Waals surface area contributed by atoms with Gasteiger partial charge in [-0.3, -0.25) is 9.78 Å². The Morgan fingerprint density at radius 1 is 1.40 bits per heavy atom. The van der Waals surface area contributed by atoms with Crippen molar-refractivity contribution < 1.29 is 9.90 Å². The molecule has 0 fully saturated rings. The number of nitrogens with zero attached hydrogens (tertiary/aromatic N) is 2. The summed E-state index contributed by atoms with van der Waals surface area (Å²) >= 11 is 3.24. The maximum atomic E-state index is 11.8. The minimum atomic E-state index is -0.373. The lowest BCUT2D eigenvalue weighted by atomic mass is 10.1. The van der Waals surface area contributed by atoms with Crippen LogP contribution in [0.15, 0.2) is 46.2 Å². The van der Waals surface area contributed by atoms with Gasteiger partial charge in [-0.05, 0) is 41.1 Å². The van der Waals surface area contributed by atoms with E-state index in [1.807, 2.05) is 6.92 Å². The number of benzene rings is 1. The maximum Gasteiger partial charge on any atom is 0.272 e. The van der Waals surface area contributed by atoms with E-state index in [0.717, 1.165) is 5.56 Å². The third kappa shape index (κ3) is 3.64. The highest BCUT2D eigenvalue weighted by atomic mass is 79.9. The van der Waals surface area contributed by atoms with Crippen LogP contribution in [0.1, 0.15) is 21.5 Å².